The van der Waals surface area contributed by atoms with Crippen molar-refractivity contribution in [2.45, 2.75) is 25.4 Å². The summed E-state index contributed by atoms with van der Waals surface area (Å²) in [7, 11) is 1.67. The summed E-state index contributed by atoms with van der Waals surface area (Å²) in [4.78, 5) is 36.1. The summed E-state index contributed by atoms with van der Waals surface area (Å²) in [6, 6.07) is 10.2. The molecule has 2 N–H and O–H groups in total. The summed E-state index contributed by atoms with van der Waals surface area (Å²) in [5.41, 5.74) is 2.11. The van der Waals surface area contributed by atoms with Crippen molar-refractivity contribution in [1.82, 2.24) is 14.9 Å². The number of aromatic nitrogens is 2. The third-order valence-corrected chi connectivity index (χ3v) is 5.95. The van der Waals surface area contributed by atoms with Crippen LogP contribution in [0.2, 0.25) is 0 Å². The van der Waals surface area contributed by atoms with Crippen molar-refractivity contribution in [3.63, 3.8) is 0 Å². The molecule has 2 aromatic heterocycles. The van der Waals surface area contributed by atoms with E-state index in [-0.39, 0.29) is 12.5 Å². The van der Waals surface area contributed by atoms with E-state index >= 15 is 0 Å². The summed E-state index contributed by atoms with van der Waals surface area (Å²) in [6.45, 7) is 2.87. The number of pyridine rings is 2. The lowest BCUT2D eigenvalue weighted by Gasteiger charge is -2.42. The fraction of sp³-hybridized carbons (Fsp3) is 0.360. The molecule has 1 amide bonds. The summed E-state index contributed by atoms with van der Waals surface area (Å²) in [5.74, 6) is -0.928. The van der Waals surface area contributed by atoms with Crippen LogP contribution in [0, 0.1) is 6.92 Å². The number of aryl methyl sites for hydroxylation is 1. The molecule has 0 spiro atoms. The molecule has 9 nitrogen and oxygen atoms in total. The molecule has 3 heterocycles. The van der Waals surface area contributed by atoms with E-state index in [2.05, 4.69) is 14.9 Å². The average Bonchev–Trinajstić information content (AvgIpc) is 2.81. The number of aliphatic carboxylic acids is 1. The van der Waals surface area contributed by atoms with Crippen molar-refractivity contribution in [3.05, 3.63) is 60.0 Å². The molecule has 34 heavy (non-hydrogen) atoms. The normalized spacial score (nSPS) is 18.0. The molecule has 3 aromatic rings. The Morgan fingerprint density at radius 2 is 2.00 bits per heavy atom. The topological polar surface area (TPSA) is 116 Å². The van der Waals surface area contributed by atoms with Crippen LogP contribution in [0.3, 0.4) is 0 Å². The first kappa shape index (κ1) is 23.4. The minimum Gasteiger partial charge on any atom is -0.482 e. The highest BCUT2D eigenvalue weighted by molar-refractivity contribution is 5.94. The number of piperidine rings is 1. The molecule has 9 heteroatoms. The predicted molar refractivity (Wildman–Crippen MR) is 127 cm³/mol. The number of β-amino-alcohol motifs (C(OH)–C–C–N with tert-alkyl or cyclic N) is 1. The highest BCUT2D eigenvalue weighted by Crippen LogP contribution is 2.32. The number of carbonyl (C=O) groups is 2. The molecule has 0 aliphatic carbocycles. The van der Waals surface area contributed by atoms with Gasteiger partial charge >= 0.3 is 5.97 Å². The van der Waals surface area contributed by atoms with E-state index in [0.29, 0.717) is 24.3 Å². The number of anilines is 1. The molecular formula is C25H28N4O5. The number of fused-ring (bicyclic) bond motifs is 1. The van der Waals surface area contributed by atoms with Gasteiger partial charge in [-0.2, -0.15) is 0 Å². The van der Waals surface area contributed by atoms with Gasteiger partial charge in [0.15, 0.2) is 6.61 Å². The molecule has 0 radical (unpaired) electrons. The molecule has 0 unspecified atom stereocenters. The first-order chi connectivity index (χ1) is 16.2. The van der Waals surface area contributed by atoms with E-state index in [1.165, 1.54) is 4.90 Å². The number of carboxylic acids is 1. The molecule has 1 atom stereocenters. The molecular weight excluding hydrogens is 436 g/mol. The summed E-state index contributed by atoms with van der Waals surface area (Å²) < 4.78 is 5.11. The van der Waals surface area contributed by atoms with Gasteiger partial charge < -0.3 is 24.7 Å². The summed E-state index contributed by atoms with van der Waals surface area (Å²) in [5, 5.41) is 21.1. The Morgan fingerprint density at radius 1 is 1.24 bits per heavy atom. The molecule has 178 valence electrons. The zero-order valence-electron chi connectivity index (χ0n) is 19.3. The Labute approximate surface area is 197 Å². The highest BCUT2D eigenvalue weighted by atomic mass is 16.5. The fourth-order valence-electron chi connectivity index (χ4n) is 4.46. The van der Waals surface area contributed by atoms with Crippen molar-refractivity contribution in [3.8, 4) is 5.75 Å². The average molecular weight is 465 g/mol. The first-order valence-electron chi connectivity index (χ1n) is 11.1. The largest absolute Gasteiger partial charge is 0.482 e. The lowest BCUT2D eigenvalue weighted by Crippen LogP contribution is -2.54. The number of carbonyl (C=O) groups excluding carboxylic acids is 1. The molecule has 0 bridgehead atoms. The number of rotatable bonds is 7. The van der Waals surface area contributed by atoms with Gasteiger partial charge in [-0.3, -0.25) is 14.8 Å². The maximum atomic E-state index is 13.0. The standard InChI is InChI=1S/C25H28N4O5/c1-17-12-22(20-13-26-10-8-21(20)27-17)29-11-3-9-25(33,16-29)15-28(2)24(32)18-4-6-19(7-5-18)34-14-23(30)31/h4-8,10,12-13,33H,3,9,11,14-16H2,1-2H3,(H,30,31)/t25-/m1/s1. The molecule has 1 aliphatic heterocycles. The van der Waals surface area contributed by atoms with Crippen LogP contribution in [0.5, 0.6) is 5.75 Å². The number of nitrogens with zero attached hydrogens (tertiary/aromatic N) is 4. The smallest absolute Gasteiger partial charge is 0.341 e. The Kier molecular flexibility index (Phi) is 6.65. The van der Waals surface area contributed by atoms with Gasteiger partial charge in [-0.15, -0.1) is 0 Å². The second kappa shape index (κ2) is 9.64. The van der Waals surface area contributed by atoms with Gasteiger partial charge in [0.25, 0.3) is 5.91 Å². The van der Waals surface area contributed by atoms with Gasteiger partial charge in [0, 0.05) is 54.9 Å². The molecule has 1 saturated heterocycles. The lowest BCUT2D eigenvalue weighted by atomic mass is 9.91. The molecule has 1 aromatic carbocycles. The Balaban J connectivity index is 1.46. The third kappa shape index (κ3) is 5.26. The van der Waals surface area contributed by atoms with Crippen LogP contribution in [0.1, 0.15) is 28.9 Å². The maximum absolute atomic E-state index is 13.0. The van der Waals surface area contributed by atoms with E-state index in [1.807, 2.05) is 19.1 Å². The van der Waals surface area contributed by atoms with E-state index < -0.39 is 18.2 Å². The summed E-state index contributed by atoms with van der Waals surface area (Å²) in [6.07, 6.45) is 4.89. The maximum Gasteiger partial charge on any atom is 0.341 e. The predicted octanol–water partition coefficient (Wildman–Crippen LogP) is 2.51. The van der Waals surface area contributed by atoms with Gasteiger partial charge in [0.1, 0.15) is 5.75 Å². The number of benzene rings is 1. The zero-order valence-corrected chi connectivity index (χ0v) is 19.3. The second-order valence-electron chi connectivity index (χ2n) is 8.79. The van der Waals surface area contributed by atoms with Gasteiger partial charge in [-0.05, 0) is 56.2 Å². The van der Waals surface area contributed by atoms with E-state index in [4.69, 9.17) is 9.84 Å². The van der Waals surface area contributed by atoms with Crippen LogP contribution in [-0.4, -0.2) is 75.8 Å². The minimum absolute atomic E-state index is 0.180. The number of hydrogen-bond donors (Lipinski definition) is 2. The number of aliphatic hydroxyl groups is 1. The fourth-order valence-corrected chi connectivity index (χ4v) is 4.46. The van der Waals surface area contributed by atoms with Gasteiger partial charge in [0.2, 0.25) is 0 Å². The number of carboxylic acid groups (broad SMARTS) is 1. The van der Waals surface area contributed by atoms with Crippen molar-refractivity contribution in [2.75, 3.05) is 38.2 Å². The second-order valence-corrected chi connectivity index (χ2v) is 8.79. The van der Waals surface area contributed by atoms with E-state index in [1.54, 1.807) is 43.7 Å². The summed E-state index contributed by atoms with van der Waals surface area (Å²) >= 11 is 0. The van der Waals surface area contributed by atoms with Crippen LogP contribution in [0.15, 0.2) is 48.8 Å². The Bertz CT molecular complexity index is 1200. The van der Waals surface area contributed by atoms with Crippen molar-refractivity contribution in [1.29, 1.82) is 0 Å². The van der Waals surface area contributed by atoms with Crippen LogP contribution in [0.4, 0.5) is 5.69 Å². The number of likely N-dealkylation sites (N-methyl/N-ethyl adjacent to an activating group) is 1. The zero-order chi connectivity index (χ0) is 24.3. The van der Waals surface area contributed by atoms with Gasteiger partial charge in [0.05, 0.1) is 17.7 Å². The van der Waals surface area contributed by atoms with Crippen LogP contribution < -0.4 is 9.64 Å². The lowest BCUT2D eigenvalue weighted by molar-refractivity contribution is -0.139. The van der Waals surface area contributed by atoms with Gasteiger partial charge in [-0.1, -0.05) is 0 Å². The highest BCUT2D eigenvalue weighted by Gasteiger charge is 2.36. The van der Waals surface area contributed by atoms with Crippen molar-refractivity contribution < 1.29 is 24.5 Å². The minimum atomic E-state index is -1.07. The first-order valence-corrected chi connectivity index (χ1v) is 11.1. The Hall–Kier alpha value is -3.72. The van der Waals surface area contributed by atoms with Gasteiger partial charge in [-0.25, -0.2) is 4.79 Å². The molecule has 0 saturated carbocycles. The number of amides is 1. The monoisotopic (exact) mass is 464 g/mol. The SMILES string of the molecule is Cc1cc(N2CCC[C@@](O)(CN(C)C(=O)c3ccc(OCC(=O)O)cc3)C2)c2cnccc2n1. The van der Waals surface area contributed by atoms with E-state index in [9.17, 15) is 14.7 Å². The van der Waals surface area contributed by atoms with Crippen molar-refractivity contribution >= 4 is 28.5 Å². The Morgan fingerprint density at radius 3 is 2.74 bits per heavy atom. The van der Waals surface area contributed by atoms with E-state index in [0.717, 1.165) is 35.2 Å². The van der Waals surface area contributed by atoms with Crippen LogP contribution in [0.25, 0.3) is 10.9 Å². The quantitative estimate of drug-likeness (QED) is 0.548. The number of hydrogen-bond acceptors (Lipinski definition) is 7. The van der Waals surface area contributed by atoms with Crippen LogP contribution in [-0.2, 0) is 4.79 Å². The molecule has 4 rings (SSSR count). The molecule has 1 fully saturated rings. The van der Waals surface area contributed by atoms with Crippen LogP contribution >= 0.6 is 0 Å². The third-order valence-electron chi connectivity index (χ3n) is 5.95. The number of ether oxygens (including phenoxy) is 1. The molecule has 1 aliphatic rings. The van der Waals surface area contributed by atoms with Crippen molar-refractivity contribution in [2.24, 2.45) is 0 Å².